The van der Waals surface area contributed by atoms with Gasteiger partial charge in [0.1, 0.15) is 11.6 Å². The molecule has 6 nitrogen and oxygen atoms in total. The van der Waals surface area contributed by atoms with Crippen LogP contribution in [0.25, 0.3) is 0 Å². The fourth-order valence-corrected chi connectivity index (χ4v) is 2.10. The topological polar surface area (TPSA) is 81.7 Å². The van der Waals surface area contributed by atoms with Gasteiger partial charge in [0.05, 0.1) is 0 Å². The first-order valence-corrected chi connectivity index (χ1v) is 8.40. The summed E-state index contributed by atoms with van der Waals surface area (Å²) in [5, 5.41) is 2.40. The fraction of sp³-hybridized carbons (Fsp3) is 0.526. The predicted octanol–water partition coefficient (Wildman–Crippen LogP) is 3.03. The number of amides is 1. The minimum absolute atomic E-state index is 0.434. The summed E-state index contributed by atoms with van der Waals surface area (Å²) in [7, 11) is 0. The number of aryl methyl sites for hydroxylation is 1. The standard InChI is InChI=1S/C19H27NO5/c1-14(20-18(23)25-19(2,3)4)17(22)24-16(13-21)12-8-11-15-9-6-5-7-10-15/h5-7,9-10,13-14,16H,8,11-12H2,1-4H3,(H,20,23)/t14-,16-/m0/s1. The summed E-state index contributed by atoms with van der Waals surface area (Å²) in [4.78, 5) is 34.8. The Morgan fingerprint density at radius 3 is 2.40 bits per heavy atom. The second-order valence-corrected chi connectivity index (χ2v) is 6.86. The van der Waals surface area contributed by atoms with Gasteiger partial charge in [-0.25, -0.2) is 9.59 Å². The zero-order valence-electron chi connectivity index (χ0n) is 15.3. The molecule has 0 heterocycles. The quantitative estimate of drug-likeness (QED) is 0.576. The second kappa shape index (κ2) is 9.81. The van der Waals surface area contributed by atoms with Crippen LogP contribution in [0.5, 0.6) is 0 Å². The van der Waals surface area contributed by atoms with Crippen LogP contribution in [0.4, 0.5) is 4.79 Å². The number of aldehydes is 1. The third-order valence-corrected chi connectivity index (χ3v) is 3.30. The van der Waals surface area contributed by atoms with E-state index in [1.54, 1.807) is 20.8 Å². The zero-order chi connectivity index (χ0) is 18.9. The van der Waals surface area contributed by atoms with Crippen LogP contribution in [-0.4, -0.2) is 36.1 Å². The molecule has 1 aromatic rings. The molecule has 1 amide bonds. The van der Waals surface area contributed by atoms with E-state index in [4.69, 9.17) is 9.47 Å². The number of nitrogens with one attached hydrogen (secondary N) is 1. The van der Waals surface area contributed by atoms with Crippen molar-refractivity contribution in [3.8, 4) is 0 Å². The Morgan fingerprint density at radius 1 is 1.20 bits per heavy atom. The number of hydrogen-bond acceptors (Lipinski definition) is 5. The molecule has 0 spiro atoms. The lowest BCUT2D eigenvalue weighted by Crippen LogP contribution is -2.43. The number of esters is 1. The molecule has 1 aromatic carbocycles. The van der Waals surface area contributed by atoms with Crippen molar-refractivity contribution in [2.24, 2.45) is 0 Å². The number of alkyl carbamates (subject to hydrolysis) is 1. The number of ether oxygens (including phenoxy) is 2. The van der Waals surface area contributed by atoms with Gasteiger partial charge in [-0.15, -0.1) is 0 Å². The Hall–Kier alpha value is -2.37. The van der Waals surface area contributed by atoms with E-state index in [0.717, 1.165) is 6.42 Å². The SMILES string of the molecule is C[C@H](NC(=O)OC(C)(C)C)C(=O)O[C@H](C=O)CCCc1ccccc1. The van der Waals surface area contributed by atoms with Crippen LogP contribution in [0.1, 0.15) is 46.1 Å². The van der Waals surface area contributed by atoms with Gasteiger partial charge < -0.3 is 14.8 Å². The Balaban J connectivity index is 2.38. The monoisotopic (exact) mass is 349 g/mol. The lowest BCUT2D eigenvalue weighted by Gasteiger charge is -2.22. The van der Waals surface area contributed by atoms with E-state index in [2.05, 4.69) is 5.32 Å². The van der Waals surface area contributed by atoms with Crippen molar-refractivity contribution in [2.45, 2.75) is 64.7 Å². The number of benzene rings is 1. The average molecular weight is 349 g/mol. The summed E-state index contributed by atoms with van der Waals surface area (Å²) in [5.41, 5.74) is 0.509. The molecule has 0 radical (unpaired) electrons. The minimum Gasteiger partial charge on any atom is -0.453 e. The fourth-order valence-electron chi connectivity index (χ4n) is 2.10. The summed E-state index contributed by atoms with van der Waals surface area (Å²) in [6.07, 6.45) is 1.04. The third kappa shape index (κ3) is 8.88. The molecule has 0 aliphatic heterocycles. The first-order valence-electron chi connectivity index (χ1n) is 8.40. The maximum Gasteiger partial charge on any atom is 0.408 e. The van der Waals surface area contributed by atoms with Gasteiger partial charge in [0.2, 0.25) is 0 Å². The minimum atomic E-state index is -0.897. The van der Waals surface area contributed by atoms with Crippen molar-refractivity contribution in [1.82, 2.24) is 5.32 Å². The molecule has 0 unspecified atom stereocenters. The highest BCUT2D eigenvalue weighted by atomic mass is 16.6. The van der Waals surface area contributed by atoms with Crippen LogP contribution in [0.15, 0.2) is 30.3 Å². The normalized spacial score (nSPS) is 13.4. The van der Waals surface area contributed by atoms with E-state index in [9.17, 15) is 14.4 Å². The van der Waals surface area contributed by atoms with Crippen molar-refractivity contribution >= 4 is 18.3 Å². The average Bonchev–Trinajstić information content (AvgIpc) is 2.52. The van der Waals surface area contributed by atoms with Gasteiger partial charge in [-0.2, -0.15) is 0 Å². The van der Waals surface area contributed by atoms with Gasteiger partial charge in [-0.1, -0.05) is 30.3 Å². The van der Waals surface area contributed by atoms with Crippen LogP contribution < -0.4 is 5.32 Å². The second-order valence-electron chi connectivity index (χ2n) is 6.86. The molecule has 1 rings (SSSR count). The maximum absolute atomic E-state index is 12.0. The summed E-state index contributed by atoms with van der Waals surface area (Å²) < 4.78 is 10.2. The molecule has 0 saturated carbocycles. The van der Waals surface area contributed by atoms with Gasteiger partial charge >= 0.3 is 12.1 Å². The van der Waals surface area contributed by atoms with Crippen LogP contribution in [0, 0.1) is 0 Å². The lowest BCUT2D eigenvalue weighted by molar-refractivity contribution is -0.153. The van der Waals surface area contributed by atoms with Crippen LogP contribution >= 0.6 is 0 Å². The molecule has 0 fully saturated rings. The van der Waals surface area contributed by atoms with E-state index in [-0.39, 0.29) is 0 Å². The van der Waals surface area contributed by atoms with Gasteiger partial charge in [-0.05, 0) is 52.5 Å². The van der Waals surface area contributed by atoms with Crippen LogP contribution in [0.2, 0.25) is 0 Å². The highest BCUT2D eigenvalue weighted by Crippen LogP contribution is 2.09. The Morgan fingerprint density at radius 2 is 1.84 bits per heavy atom. The molecule has 0 aromatic heterocycles. The zero-order valence-corrected chi connectivity index (χ0v) is 15.3. The first-order chi connectivity index (χ1) is 11.7. The number of hydrogen-bond donors (Lipinski definition) is 1. The van der Waals surface area contributed by atoms with E-state index in [0.29, 0.717) is 19.1 Å². The molecule has 138 valence electrons. The summed E-state index contributed by atoms with van der Waals surface area (Å²) in [6.45, 7) is 6.66. The molecule has 6 heteroatoms. The van der Waals surface area contributed by atoms with Crippen LogP contribution in [0.3, 0.4) is 0 Å². The maximum atomic E-state index is 12.0. The molecule has 0 aliphatic rings. The third-order valence-electron chi connectivity index (χ3n) is 3.30. The summed E-state index contributed by atoms with van der Waals surface area (Å²) in [6, 6.07) is 8.97. The smallest absolute Gasteiger partial charge is 0.408 e. The van der Waals surface area contributed by atoms with Crippen molar-refractivity contribution in [3.05, 3.63) is 35.9 Å². The largest absolute Gasteiger partial charge is 0.453 e. The predicted molar refractivity (Wildman–Crippen MR) is 94.2 cm³/mol. The van der Waals surface area contributed by atoms with Gasteiger partial charge in [-0.3, -0.25) is 4.79 Å². The van der Waals surface area contributed by atoms with Gasteiger partial charge in [0.25, 0.3) is 0 Å². The molecular formula is C19H27NO5. The highest BCUT2D eigenvalue weighted by Gasteiger charge is 2.24. The molecule has 0 aliphatic carbocycles. The number of carbonyl (C=O) groups is 3. The van der Waals surface area contributed by atoms with E-state index in [1.165, 1.54) is 12.5 Å². The lowest BCUT2D eigenvalue weighted by atomic mass is 10.1. The van der Waals surface area contributed by atoms with Crippen LogP contribution in [-0.2, 0) is 25.5 Å². The van der Waals surface area contributed by atoms with E-state index in [1.807, 2.05) is 30.3 Å². The van der Waals surface area contributed by atoms with Gasteiger partial charge in [0.15, 0.2) is 12.4 Å². The van der Waals surface area contributed by atoms with Crippen molar-refractivity contribution < 1.29 is 23.9 Å². The molecule has 25 heavy (non-hydrogen) atoms. The molecule has 2 atom stereocenters. The van der Waals surface area contributed by atoms with Crippen molar-refractivity contribution in [1.29, 1.82) is 0 Å². The van der Waals surface area contributed by atoms with Crippen molar-refractivity contribution in [3.63, 3.8) is 0 Å². The highest BCUT2D eigenvalue weighted by molar-refractivity contribution is 5.82. The summed E-state index contributed by atoms with van der Waals surface area (Å²) in [5.74, 6) is -0.664. The Labute approximate surface area is 148 Å². The van der Waals surface area contributed by atoms with Crippen molar-refractivity contribution in [2.75, 3.05) is 0 Å². The van der Waals surface area contributed by atoms with E-state index < -0.39 is 29.8 Å². The molecule has 0 bridgehead atoms. The Kier molecular flexibility index (Phi) is 8.11. The van der Waals surface area contributed by atoms with E-state index >= 15 is 0 Å². The molecule has 1 N–H and O–H groups in total. The Bertz CT molecular complexity index is 565. The molecule has 0 saturated heterocycles. The van der Waals surface area contributed by atoms with Gasteiger partial charge in [0, 0.05) is 0 Å². The number of carbonyl (C=O) groups excluding carboxylic acids is 3. The summed E-state index contributed by atoms with van der Waals surface area (Å²) >= 11 is 0. The molecular weight excluding hydrogens is 322 g/mol. The number of rotatable bonds is 8. The first kappa shape index (κ1) is 20.7.